The van der Waals surface area contributed by atoms with Crippen LogP contribution in [0.4, 0.5) is 5.82 Å². The predicted octanol–water partition coefficient (Wildman–Crippen LogP) is 5.55. The quantitative estimate of drug-likeness (QED) is 0.602. The molecule has 1 saturated heterocycles. The van der Waals surface area contributed by atoms with Crippen LogP contribution in [0.2, 0.25) is 0 Å². The Kier molecular flexibility index (Phi) is 5.79. The minimum Gasteiger partial charge on any atom is -0.481 e. The summed E-state index contributed by atoms with van der Waals surface area (Å²) in [5.74, 6) is -0.152. The molecule has 0 aliphatic carbocycles. The van der Waals surface area contributed by atoms with Crippen molar-refractivity contribution >= 4 is 22.7 Å². The van der Waals surface area contributed by atoms with Gasteiger partial charge in [-0.3, -0.25) is 4.79 Å². The summed E-state index contributed by atoms with van der Waals surface area (Å²) in [5.41, 5.74) is 4.65. The van der Waals surface area contributed by atoms with Crippen molar-refractivity contribution in [3.8, 4) is 11.1 Å². The Labute approximate surface area is 172 Å². The van der Waals surface area contributed by atoms with Gasteiger partial charge in [0.25, 0.3) is 0 Å². The summed E-state index contributed by atoms with van der Waals surface area (Å²) in [4.78, 5) is 18.6. The van der Waals surface area contributed by atoms with Crippen molar-refractivity contribution in [1.82, 2.24) is 4.98 Å². The Morgan fingerprint density at radius 3 is 2.76 bits per heavy atom. The van der Waals surface area contributed by atoms with Crippen LogP contribution in [0.3, 0.4) is 0 Å². The number of piperidine rings is 1. The van der Waals surface area contributed by atoms with Gasteiger partial charge in [0.15, 0.2) is 0 Å². The molecule has 29 heavy (non-hydrogen) atoms. The summed E-state index contributed by atoms with van der Waals surface area (Å²) in [6.45, 7) is 3.59. The van der Waals surface area contributed by atoms with Crippen LogP contribution in [0.15, 0.2) is 54.6 Å². The first-order valence-electron chi connectivity index (χ1n) is 10.6. The number of carboxylic acids is 1. The van der Waals surface area contributed by atoms with E-state index in [9.17, 15) is 9.90 Å². The number of hydrogen-bond acceptors (Lipinski definition) is 3. The van der Waals surface area contributed by atoms with Crippen LogP contribution < -0.4 is 4.90 Å². The molecule has 3 aromatic rings. The van der Waals surface area contributed by atoms with Gasteiger partial charge in [0.1, 0.15) is 5.82 Å². The summed E-state index contributed by atoms with van der Waals surface area (Å²) in [6, 6.07) is 19.1. The van der Waals surface area contributed by atoms with E-state index in [-0.39, 0.29) is 5.92 Å². The maximum atomic E-state index is 11.5. The zero-order chi connectivity index (χ0) is 20.2. The zero-order valence-corrected chi connectivity index (χ0v) is 17.0. The van der Waals surface area contributed by atoms with E-state index in [4.69, 9.17) is 4.98 Å². The molecule has 1 aromatic heterocycles. The van der Waals surface area contributed by atoms with Crippen LogP contribution in [0.1, 0.15) is 38.2 Å². The number of aromatic nitrogens is 1. The molecule has 0 amide bonds. The van der Waals surface area contributed by atoms with Crippen molar-refractivity contribution < 1.29 is 9.90 Å². The molecule has 1 unspecified atom stereocenters. The highest BCUT2D eigenvalue weighted by Gasteiger charge is 2.26. The molecule has 1 atom stereocenters. The van der Waals surface area contributed by atoms with Crippen LogP contribution >= 0.6 is 0 Å². The van der Waals surface area contributed by atoms with Gasteiger partial charge in [-0.15, -0.1) is 0 Å². The lowest BCUT2D eigenvalue weighted by molar-refractivity contribution is -0.141. The third-order valence-electron chi connectivity index (χ3n) is 5.86. The van der Waals surface area contributed by atoms with Gasteiger partial charge in [-0.2, -0.15) is 0 Å². The van der Waals surface area contributed by atoms with Crippen molar-refractivity contribution in [2.24, 2.45) is 5.92 Å². The number of rotatable bonds is 6. The van der Waals surface area contributed by atoms with Gasteiger partial charge in [0.2, 0.25) is 0 Å². The fourth-order valence-corrected chi connectivity index (χ4v) is 4.20. The van der Waals surface area contributed by atoms with E-state index in [0.717, 1.165) is 37.1 Å². The van der Waals surface area contributed by atoms with Crippen LogP contribution in [-0.2, 0) is 11.2 Å². The maximum absolute atomic E-state index is 11.5. The number of aryl methyl sites for hydroxylation is 1. The standard InChI is InChI=1S/C25H28N2O2/c1-2-3-8-18-12-13-23-22(15-18)21(19-9-5-4-6-10-19)16-24(26-23)27-14-7-11-20(17-27)25(28)29/h4-6,9-10,12-13,15-16,20H,2-3,7-8,11,14,17H2,1H3,(H,28,29). The minimum atomic E-state index is -0.709. The number of fused-ring (bicyclic) bond motifs is 1. The van der Waals surface area contributed by atoms with E-state index in [1.54, 1.807) is 0 Å². The fourth-order valence-electron chi connectivity index (χ4n) is 4.20. The van der Waals surface area contributed by atoms with Gasteiger partial charge in [-0.05, 0) is 60.6 Å². The highest BCUT2D eigenvalue weighted by molar-refractivity contribution is 5.96. The molecule has 1 aliphatic heterocycles. The number of pyridine rings is 1. The van der Waals surface area contributed by atoms with Crippen molar-refractivity contribution in [2.75, 3.05) is 18.0 Å². The second-order valence-corrected chi connectivity index (χ2v) is 7.97. The van der Waals surface area contributed by atoms with Gasteiger partial charge in [-0.1, -0.05) is 49.7 Å². The normalized spacial score (nSPS) is 16.9. The van der Waals surface area contributed by atoms with Crippen LogP contribution in [0.5, 0.6) is 0 Å². The minimum absolute atomic E-state index is 0.321. The maximum Gasteiger partial charge on any atom is 0.308 e. The molecule has 150 valence electrons. The molecular weight excluding hydrogens is 360 g/mol. The topological polar surface area (TPSA) is 53.4 Å². The van der Waals surface area contributed by atoms with E-state index in [0.29, 0.717) is 6.54 Å². The Hall–Kier alpha value is -2.88. The van der Waals surface area contributed by atoms with E-state index in [1.807, 2.05) is 6.07 Å². The summed E-state index contributed by atoms with van der Waals surface area (Å²) in [7, 11) is 0. The number of carboxylic acid groups (broad SMARTS) is 1. The fraction of sp³-hybridized carbons (Fsp3) is 0.360. The molecule has 0 bridgehead atoms. The molecular formula is C25H28N2O2. The number of carbonyl (C=O) groups is 1. The monoisotopic (exact) mass is 388 g/mol. The molecule has 0 radical (unpaired) electrons. The second kappa shape index (κ2) is 8.64. The lowest BCUT2D eigenvalue weighted by Gasteiger charge is -2.32. The van der Waals surface area contributed by atoms with Gasteiger partial charge in [-0.25, -0.2) is 4.98 Å². The van der Waals surface area contributed by atoms with Gasteiger partial charge in [0.05, 0.1) is 11.4 Å². The van der Waals surface area contributed by atoms with E-state index in [1.165, 1.54) is 34.9 Å². The van der Waals surface area contributed by atoms with E-state index < -0.39 is 5.97 Å². The van der Waals surface area contributed by atoms with Crippen molar-refractivity contribution in [1.29, 1.82) is 0 Å². The second-order valence-electron chi connectivity index (χ2n) is 7.97. The van der Waals surface area contributed by atoms with Gasteiger partial charge < -0.3 is 10.0 Å². The first-order valence-corrected chi connectivity index (χ1v) is 10.6. The molecule has 1 aliphatic rings. The number of aliphatic carboxylic acids is 1. The molecule has 2 heterocycles. The number of hydrogen-bond donors (Lipinski definition) is 1. The van der Waals surface area contributed by atoms with Gasteiger partial charge in [0, 0.05) is 18.5 Å². The first-order chi connectivity index (χ1) is 14.2. The molecule has 0 spiro atoms. The number of benzene rings is 2. The molecule has 0 saturated carbocycles. The zero-order valence-electron chi connectivity index (χ0n) is 17.0. The van der Waals surface area contributed by atoms with Crippen molar-refractivity contribution in [3.63, 3.8) is 0 Å². The molecule has 1 N–H and O–H groups in total. The highest BCUT2D eigenvalue weighted by Crippen LogP contribution is 2.33. The van der Waals surface area contributed by atoms with Crippen molar-refractivity contribution in [3.05, 3.63) is 60.2 Å². The summed E-state index contributed by atoms with van der Waals surface area (Å²) in [6.07, 6.45) is 5.07. The Morgan fingerprint density at radius 2 is 2.00 bits per heavy atom. The highest BCUT2D eigenvalue weighted by atomic mass is 16.4. The average Bonchev–Trinajstić information content (AvgIpc) is 2.77. The predicted molar refractivity (Wildman–Crippen MR) is 118 cm³/mol. The first kappa shape index (κ1) is 19.4. The SMILES string of the molecule is CCCCc1ccc2nc(N3CCCC(C(=O)O)C3)cc(-c3ccccc3)c2c1. The Balaban J connectivity index is 1.80. The van der Waals surface area contributed by atoms with Crippen LogP contribution in [0, 0.1) is 5.92 Å². The largest absolute Gasteiger partial charge is 0.481 e. The Morgan fingerprint density at radius 1 is 1.17 bits per heavy atom. The third-order valence-corrected chi connectivity index (χ3v) is 5.86. The average molecular weight is 389 g/mol. The van der Waals surface area contributed by atoms with Crippen LogP contribution in [0.25, 0.3) is 22.0 Å². The lowest BCUT2D eigenvalue weighted by atomic mass is 9.96. The number of anilines is 1. The van der Waals surface area contributed by atoms with E-state index >= 15 is 0 Å². The summed E-state index contributed by atoms with van der Waals surface area (Å²) in [5, 5.41) is 10.6. The van der Waals surface area contributed by atoms with E-state index in [2.05, 4.69) is 60.4 Å². The lowest BCUT2D eigenvalue weighted by Crippen LogP contribution is -2.39. The van der Waals surface area contributed by atoms with Gasteiger partial charge >= 0.3 is 5.97 Å². The molecule has 4 heteroatoms. The molecule has 4 rings (SSSR count). The number of nitrogens with zero attached hydrogens (tertiary/aromatic N) is 2. The molecule has 2 aromatic carbocycles. The van der Waals surface area contributed by atoms with Crippen LogP contribution in [-0.4, -0.2) is 29.1 Å². The molecule has 1 fully saturated rings. The third kappa shape index (κ3) is 4.26. The summed E-state index contributed by atoms with van der Waals surface area (Å²) >= 11 is 0. The molecule has 4 nitrogen and oxygen atoms in total. The summed E-state index contributed by atoms with van der Waals surface area (Å²) < 4.78 is 0. The van der Waals surface area contributed by atoms with Crippen molar-refractivity contribution in [2.45, 2.75) is 39.0 Å². The number of unbranched alkanes of at least 4 members (excludes halogenated alkanes) is 1. The Bertz CT molecular complexity index is 1000. The smallest absolute Gasteiger partial charge is 0.308 e.